The average Bonchev–Trinajstić information content (AvgIpc) is 2.83. The average molecular weight is 277 g/mol. The number of ether oxygens (including phenoxy) is 2. The monoisotopic (exact) mass is 277 g/mol. The zero-order valence-electron chi connectivity index (χ0n) is 12.0. The van der Waals surface area contributed by atoms with Crippen LogP contribution in [0.4, 0.5) is 0 Å². The summed E-state index contributed by atoms with van der Waals surface area (Å²) in [5.74, 6) is 0.733. The Bertz CT molecular complexity index is 435. The van der Waals surface area contributed by atoms with Crippen molar-refractivity contribution < 1.29 is 14.3 Å². The summed E-state index contributed by atoms with van der Waals surface area (Å²) >= 11 is 0. The maximum absolute atomic E-state index is 12.0. The number of benzene rings is 1. The SMILES string of the molecule is CCOC(=O)C1(N)CCCC1CCOc1ccccc1. The molecule has 2 unspecified atom stereocenters. The van der Waals surface area contributed by atoms with Crippen LogP contribution in [0.5, 0.6) is 5.75 Å². The molecule has 0 heterocycles. The molecular formula is C16H23NO3. The van der Waals surface area contributed by atoms with E-state index in [1.165, 1.54) is 0 Å². The van der Waals surface area contributed by atoms with E-state index >= 15 is 0 Å². The maximum atomic E-state index is 12.0. The fraction of sp³-hybridized carbons (Fsp3) is 0.562. The first-order valence-corrected chi connectivity index (χ1v) is 7.30. The highest BCUT2D eigenvalue weighted by atomic mass is 16.5. The Morgan fingerprint density at radius 2 is 2.15 bits per heavy atom. The number of para-hydroxylation sites is 1. The summed E-state index contributed by atoms with van der Waals surface area (Å²) in [5, 5.41) is 0. The van der Waals surface area contributed by atoms with Gasteiger partial charge in [-0.15, -0.1) is 0 Å². The molecule has 1 fully saturated rings. The van der Waals surface area contributed by atoms with E-state index < -0.39 is 5.54 Å². The quantitative estimate of drug-likeness (QED) is 0.812. The van der Waals surface area contributed by atoms with Crippen molar-refractivity contribution in [3.8, 4) is 5.75 Å². The summed E-state index contributed by atoms with van der Waals surface area (Å²) in [6.45, 7) is 2.77. The number of rotatable bonds is 6. The lowest BCUT2D eigenvalue weighted by molar-refractivity contribution is -0.151. The summed E-state index contributed by atoms with van der Waals surface area (Å²) in [5.41, 5.74) is 5.46. The van der Waals surface area contributed by atoms with Crippen molar-refractivity contribution in [3.05, 3.63) is 30.3 Å². The normalized spacial score (nSPS) is 25.4. The molecule has 0 aliphatic heterocycles. The van der Waals surface area contributed by atoms with Crippen molar-refractivity contribution in [2.75, 3.05) is 13.2 Å². The first kappa shape index (κ1) is 14.9. The fourth-order valence-electron chi connectivity index (χ4n) is 2.87. The minimum atomic E-state index is -0.823. The number of carbonyl (C=O) groups is 1. The number of hydrogen-bond acceptors (Lipinski definition) is 4. The Morgan fingerprint density at radius 3 is 2.85 bits per heavy atom. The molecule has 2 rings (SSSR count). The molecule has 4 heteroatoms. The second-order valence-corrected chi connectivity index (χ2v) is 5.30. The second-order valence-electron chi connectivity index (χ2n) is 5.30. The van der Waals surface area contributed by atoms with Gasteiger partial charge in [-0.25, -0.2) is 0 Å². The van der Waals surface area contributed by atoms with Crippen LogP contribution >= 0.6 is 0 Å². The number of esters is 1. The van der Waals surface area contributed by atoms with Gasteiger partial charge in [0.15, 0.2) is 0 Å². The topological polar surface area (TPSA) is 61.5 Å². The lowest BCUT2D eigenvalue weighted by atomic mass is 9.86. The predicted molar refractivity (Wildman–Crippen MR) is 77.4 cm³/mol. The fourth-order valence-corrected chi connectivity index (χ4v) is 2.87. The van der Waals surface area contributed by atoms with Crippen LogP contribution in [0.1, 0.15) is 32.6 Å². The molecule has 0 aromatic heterocycles. The van der Waals surface area contributed by atoms with Gasteiger partial charge in [0.1, 0.15) is 11.3 Å². The molecule has 20 heavy (non-hydrogen) atoms. The van der Waals surface area contributed by atoms with E-state index in [4.69, 9.17) is 15.2 Å². The van der Waals surface area contributed by atoms with Crippen LogP contribution < -0.4 is 10.5 Å². The third kappa shape index (κ3) is 3.31. The van der Waals surface area contributed by atoms with Gasteiger partial charge >= 0.3 is 5.97 Å². The second kappa shape index (κ2) is 6.75. The van der Waals surface area contributed by atoms with Gasteiger partial charge in [0.05, 0.1) is 13.2 Å². The highest BCUT2D eigenvalue weighted by Gasteiger charge is 2.46. The van der Waals surface area contributed by atoms with Crippen molar-refractivity contribution in [2.24, 2.45) is 11.7 Å². The van der Waals surface area contributed by atoms with E-state index in [9.17, 15) is 4.79 Å². The van der Waals surface area contributed by atoms with Gasteiger partial charge in [0.25, 0.3) is 0 Å². The molecule has 2 atom stereocenters. The third-order valence-electron chi connectivity index (χ3n) is 4.01. The van der Waals surface area contributed by atoms with E-state index in [1.807, 2.05) is 37.3 Å². The molecule has 0 radical (unpaired) electrons. The Kier molecular flexibility index (Phi) is 5.01. The molecule has 2 N–H and O–H groups in total. The van der Waals surface area contributed by atoms with Gasteiger partial charge in [0, 0.05) is 0 Å². The third-order valence-corrected chi connectivity index (χ3v) is 4.01. The van der Waals surface area contributed by atoms with E-state index in [1.54, 1.807) is 0 Å². The van der Waals surface area contributed by atoms with Crippen LogP contribution in [-0.2, 0) is 9.53 Å². The van der Waals surface area contributed by atoms with Crippen molar-refractivity contribution >= 4 is 5.97 Å². The van der Waals surface area contributed by atoms with Gasteiger partial charge in [-0.2, -0.15) is 0 Å². The highest BCUT2D eigenvalue weighted by Crippen LogP contribution is 2.37. The van der Waals surface area contributed by atoms with Crippen LogP contribution in [0.25, 0.3) is 0 Å². The molecule has 1 aromatic carbocycles. The van der Waals surface area contributed by atoms with E-state index in [2.05, 4.69) is 0 Å². The minimum absolute atomic E-state index is 0.144. The molecule has 1 aromatic rings. The van der Waals surface area contributed by atoms with Crippen molar-refractivity contribution in [3.63, 3.8) is 0 Å². The molecule has 0 saturated heterocycles. The molecule has 110 valence electrons. The predicted octanol–water partition coefficient (Wildman–Crippen LogP) is 2.52. The summed E-state index contributed by atoms with van der Waals surface area (Å²) in [6, 6.07) is 9.69. The van der Waals surface area contributed by atoms with Crippen LogP contribution in [-0.4, -0.2) is 24.7 Å². The van der Waals surface area contributed by atoms with E-state index in [0.29, 0.717) is 19.6 Å². The highest BCUT2D eigenvalue weighted by molar-refractivity contribution is 5.81. The lowest BCUT2D eigenvalue weighted by Gasteiger charge is -2.28. The molecule has 1 saturated carbocycles. The lowest BCUT2D eigenvalue weighted by Crippen LogP contribution is -2.52. The summed E-state index contributed by atoms with van der Waals surface area (Å²) < 4.78 is 10.8. The molecular weight excluding hydrogens is 254 g/mol. The van der Waals surface area contributed by atoms with Crippen molar-refractivity contribution in [1.29, 1.82) is 0 Å². The van der Waals surface area contributed by atoms with Crippen molar-refractivity contribution in [1.82, 2.24) is 0 Å². The van der Waals surface area contributed by atoms with Crippen molar-refractivity contribution in [2.45, 2.75) is 38.1 Å². The Balaban J connectivity index is 1.86. The largest absolute Gasteiger partial charge is 0.494 e. The van der Waals surface area contributed by atoms with Gasteiger partial charge in [0.2, 0.25) is 0 Å². The van der Waals surface area contributed by atoms with Crippen LogP contribution in [0.2, 0.25) is 0 Å². The van der Waals surface area contributed by atoms with E-state index in [0.717, 1.165) is 25.0 Å². The number of nitrogens with two attached hydrogens (primary N) is 1. The number of carbonyl (C=O) groups excluding carboxylic acids is 1. The summed E-state index contributed by atoms with van der Waals surface area (Å²) in [7, 11) is 0. The summed E-state index contributed by atoms with van der Waals surface area (Å²) in [4.78, 5) is 12.0. The molecule has 0 spiro atoms. The van der Waals surface area contributed by atoms with Gasteiger partial charge < -0.3 is 15.2 Å². The standard InChI is InChI=1S/C16H23NO3/c1-2-19-15(18)16(17)11-6-7-13(16)10-12-20-14-8-4-3-5-9-14/h3-5,8-9,13H,2,6-7,10-12,17H2,1H3. The van der Waals surface area contributed by atoms with Gasteiger partial charge in [-0.05, 0) is 44.2 Å². The Hall–Kier alpha value is -1.55. The van der Waals surface area contributed by atoms with Crippen LogP contribution in [0, 0.1) is 5.92 Å². The maximum Gasteiger partial charge on any atom is 0.326 e. The molecule has 0 amide bonds. The molecule has 1 aliphatic carbocycles. The zero-order valence-corrected chi connectivity index (χ0v) is 12.0. The first-order valence-electron chi connectivity index (χ1n) is 7.30. The minimum Gasteiger partial charge on any atom is -0.494 e. The van der Waals surface area contributed by atoms with Gasteiger partial charge in [-0.1, -0.05) is 24.6 Å². The van der Waals surface area contributed by atoms with Crippen LogP contribution in [0.15, 0.2) is 30.3 Å². The zero-order chi connectivity index (χ0) is 14.4. The smallest absolute Gasteiger partial charge is 0.326 e. The van der Waals surface area contributed by atoms with E-state index in [-0.39, 0.29) is 11.9 Å². The van der Waals surface area contributed by atoms with Gasteiger partial charge in [-0.3, -0.25) is 4.79 Å². The Morgan fingerprint density at radius 1 is 1.40 bits per heavy atom. The first-order chi connectivity index (χ1) is 9.66. The molecule has 1 aliphatic rings. The Labute approximate surface area is 120 Å². The number of hydrogen-bond donors (Lipinski definition) is 1. The van der Waals surface area contributed by atoms with Crippen LogP contribution in [0.3, 0.4) is 0 Å². The molecule has 0 bridgehead atoms. The summed E-state index contributed by atoms with van der Waals surface area (Å²) in [6.07, 6.45) is 3.44. The molecule has 4 nitrogen and oxygen atoms in total.